The molecule has 1 aliphatic heterocycles. The molecule has 1 amide bonds. The number of aromatic nitrogens is 1. The molecule has 1 aliphatic rings. The van der Waals surface area contributed by atoms with E-state index in [1.807, 2.05) is 18.2 Å². The Morgan fingerprint density at radius 2 is 2.06 bits per heavy atom. The number of carbonyl (C=O) groups is 1. The van der Waals surface area contributed by atoms with E-state index in [2.05, 4.69) is 55.9 Å². The van der Waals surface area contributed by atoms with Gasteiger partial charge in [-0.3, -0.25) is 4.79 Å². The number of nitrogens with zero attached hydrogens (tertiary/aromatic N) is 1. The predicted molar refractivity (Wildman–Crippen MR) is 127 cm³/mol. The van der Waals surface area contributed by atoms with Gasteiger partial charge in [-0.15, -0.1) is 0 Å². The van der Waals surface area contributed by atoms with Gasteiger partial charge in [0, 0.05) is 41.7 Å². The van der Waals surface area contributed by atoms with E-state index in [-0.39, 0.29) is 5.92 Å². The first-order chi connectivity index (χ1) is 15.0. The standard InChI is InChI=1S/C27H36N2O2/c1-18(2)12-13-24-19(3)8-6-14-29(24)26(30)16-20(4)22-17-28-23-10-5-9-21(27(22)23)25-11-7-15-31-25/h5,7,9-11,15,17-20,24,28H,6,8,12-14,16H2,1-4H3. The van der Waals surface area contributed by atoms with Crippen molar-refractivity contribution in [3.05, 3.63) is 48.4 Å². The number of likely N-dealkylation sites (tertiary alicyclic amines) is 1. The second kappa shape index (κ2) is 9.33. The number of hydrogen-bond acceptors (Lipinski definition) is 2. The monoisotopic (exact) mass is 420 g/mol. The van der Waals surface area contributed by atoms with Crippen LogP contribution in [-0.2, 0) is 4.79 Å². The Balaban J connectivity index is 1.56. The Hall–Kier alpha value is -2.49. The number of nitrogens with one attached hydrogen (secondary N) is 1. The van der Waals surface area contributed by atoms with Crippen LogP contribution in [-0.4, -0.2) is 28.4 Å². The van der Waals surface area contributed by atoms with Gasteiger partial charge in [0.05, 0.1) is 6.26 Å². The van der Waals surface area contributed by atoms with Gasteiger partial charge in [0.25, 0.3) is 0 Å². The van der Waals surface area contributed by atoms with Gasteiger partial charge in [-0.05, 0) is 67.2 Å². The number of H-pyrrole nitrogens is 1. The first-order valence-electron chi connectivity index (χ1n) is 11.9. The Kier molecular flexibility index (Phi) is 6.54. The van der Waals surface area contributed by atoms with Crippen LogP contribution >= 0.6 is 0 Å². The summed E-state index contributed by atoms with van der Waals surface area (Å²) in [4.78, 5) is 19.1. The number of carbonyl (C=O) groups excluding carboxylic acids is 1. The van der Waals surface area contributed by atoms with E-state index < -0.39 is 0 Å². The van der Waals surface area contributed by atoms with Crippen LogP contribution in [0.1, 0.15) is 71.3 Å². The van der Waals surface area contributed by atoms with Gasteiger partial charge in [-0.2, -0.15) is 0 Å². The lowest BCUT2D eigenvalue weighted by Gasteiger charge is -2.41. The van der Waals surface area contributed by atoms with Crippen LogP contribution in [0.2, 0.25) is 0 Å². The number of hydrogen-bond donors (Lipinski definition) is 1. The normalized spacial score (nSPS) is 20.5. The van der Waals surface area contributed by atoms with E-state index in [1.54, 1.807) is 6.26 Å². The Morgan fingerprint density at radius 1 is 1.23 bits per heavy atom. The fourth-order valence-electron chi connectivity index (χ4n) is 5.23. The minimum atomic E-state index is 0.139. The van der Waals surface area contributed by atoms with Crippen molar-refractivity contribution < 1.29 is 9.21 Å². The van der Waals surface area contributed by atoms with Crippen LogP contribution < -0.4 is 0 Å². The summed E-state index contributed by atoms with van der Waals surface area (Å²) in [6.07, 6.45) is 8.99. The maximum atomic E-state index is 13.5. The highest BCUT2D eigenvalue weighted by Gasteiger charge is 2.32. The van der Waals surface area contributed by atoms with Gasteiger partial charge in [0.15, 0.2) is 0 Å². The highest BCUT2D eigenvalue weighted by atomic mass is 16.3. The summed E-state index contributed by atoms with van der Waals surface area (Å²) in [5, 5.41) is 1.17. The third kappa shape index (κ3) is 4.58. The lowest BCUT2D eigenvalue weighted by Crippen LogP contribution is -2.48. The number of fused-ring (bicyclic) bond motifs is 1. The summed E-state index contributed by atoms with van der Waals surface area (Å²) < 4.78 is 5.69. The zero-order valence-electron chi connectivity index (χ0n) is 19.4. The summed E-state index contributed by atoms with van der Waals surface area (Å²) in [6, 6.07) is 10.5. The number of aromatic amines is 1. The van der Waals surface area contributed by atoms with Crippen molar-refractivity contribution in [3.63, 3.8) is 0 Å². The molecule has 0 spiro atoms. The second-order valence-electron chi connectivity index (χ2n) is 9.80. The molecule has 0 bridgehead atoms. The molecule has 3 unspecified atom stereocenters. The molecule has 4 rings (SSSR count). The zero-order chi connectivity index (χ0) is 22.0. The maximum absolute atomic E-state index is 13.5. The summed E-state index contributed by atoms with van der Waals surface area (Å²) >= 11 is 0. The molecule has 1 saturated heterocycles. The van der Waals surface area contributed by atoms with Gasteiger partial charge >= 0.3 is 0 Å². The molecule has 3 heterocycles. The number of rotatable bonds is 7. The van der Waals surface area contributed by atoms with Crippen molar-refractivity contribution in [1.82, 2.24) is 9.88 Å². The molecule has 3 atom stereocenters. The number of piperidine rings is 1. The van der Waals surface area contributed by atoms with Gasteiger partial charge in [-0.25, -0.2) is 0 Å². The van der Waals surface area contributed by atoms with Crippen molar-refractivity contribution >= 4 is 16.8 Å². The molecule has 0 saturated carbocycles. The summed E-state index contributed by atoms with van der Waals surface area (Å²) in [7, 11) is 0. The van der Waals surface area contributed by atoms with Crippen LogP contribution in [0, 0.1) is 11.8 Å². The molecule has 1 fully saturated rings. The average molecular weight is 421 g/mol. The molecule has 0 radical (unpaired) electrons. The van der Waals surface area contributed by atoms with Crippen LogP contribution in [0.15, 0.2) is 47.2 Å². The summed E-state index contributed by atoms with van der Waals surface area (Å²) in [6.45, 7) is 9.95. The van der Waals surface area contributed by atoms with Crippen molar-refractivity contribution in [2.75, 3.05) is 6.54 Å². The molecule has 31 heavy (non-hydrogen) atoms. The Morgan fingerprint density at radius 3 is 2.81 bits per heavy atom. The van der Waals surface area contributed by atoms with Crippen molar-refractivity contribution in [1.29, 1.82) is 0 Å². The van der Waals surface area contributed by atoms with E-state index in [9.17, 15) is 4.79 Å². The third-order valence-electron chi connectivity index (χ3n) is 7.01. The first kappa shape index (κ1) is 21.7. The SMILES string of the molecule is CC(C)CCC1C(C)CCCN1C(=O)CC(C)c1c[nH]c2cccc(-c3ccco3)c12. The van der Waals surface area contributed by atoms with Crippen LogP contribution in [0.4, 0.5) is 0 Å². The lowest BCUT2D eigenvalue weighted by molar-refractivity contribution is -0.137. The number of benzene rings is 1. The molecule has 3 aromatic rings. The molecular formula is C27H36N2O2. The third-order valence-corrected chi connectivity index (χ3v) is 7.01. The predicted octanol–water partition coefficient (Wildman–Crippen LogP) is 6.98. The maximum Gasteiger partial charge on any atom is 0.223 e. The second-order valence-corrected chi connectivity index (χ2v) is 9.80. The molecule has 166 valence electrons. The molecule has 1 aromatic carbocycles. The Bertz CT molecular complexity index is 1000. The molecule has 0 aliphatic carbocycles. The van der Waals surface area contributed by atoms with Crippen molar-refractivity contribution in [2.45, 2.75) is 71.8 Å². The highest BCUT2D eigenvalue weighted by molar-refractivity contribution is 5.97. The van der Waals surface area contributed by atoms with Crippen LogP contribution in [0.5, 0.6) is 0 Å². The molecule has 4 nitrogen and oxygen atoms in total. The number of furan rings is 1. The summed E-state index contributed by atoms with van der Waals surface area (Å²) in [5.41, 5.74) is 3.36. The van der Waals surface area contributed by atoms with Crippen LogP contribution in [0.25, 0.3) is 22.2 Å². The molecule has 2 aromatic heterocycles. The van der Waals surface area contributed by atoms with Crippen molar-refractivity contribution in [3.8, 4) is 11.3 Å². The molecule has 4 heteroatoms. The van der Waals surface area contributed by atoms with Crippen molar-refractivity contribution in [2.24, 2.45) is 11.8 Å². The van der Waals surface area contributed by atoms with E-state index in [0.29, 0.717) is 30.2 Å². The lowest BCUT2D eigenvalue weighted by atomic mass is 9.85. The minimum absolute atomic E-state index is 0.139. The summed E-state index contributed by atoms with van der Waals surface area (Å²) in [5.74, 6) is 2.57. The van der Waals surface area contributed by atoms with E-state index in [4.69, 9.17) is 4.42 Å². The van der Waals surface area contributed by atoms with E-state index >= 15 is 0 Å². The highest BCUT2D eigenvalue weighted by Crippen LogP contribution is 2.37. The van der Waals surface area contributed by atoms with Gasteiger partial charge in [0.1, 0.15) is 5.76 Å². The van der Waals surface area contributed by atoms with Gasteiger partial charge in [0.2, 0.25) is 5.91 Å². The van der Waals surface area contributed by atoms with E-state index in [0.717, 1.165) is 36.2 Å². The zero-order valence-corrected chi connectivity index (χ0v) is 19.4. The number of amides is 1. The van der Waals surface area contributed by atoms with E-state index in [1.165, 1.54) is 23.8 Å². The van der Waals surface area contributed by atoms with Gasteiger partial charge in [-0.1, -0.05) is 39.8 Å². The minimum Gasteiger partial charge on any atom is -0.464 e. The largest absolute Gasteiger partial charge is 0.464 e. The smallest absolute Gasteiger partial charge is 0.223 e. The first-order valence-corrected chi connectivity index (χ1v) is 11.9. The molecule has 1 N–H and O–H groups in total. The van der Waals surface area contributed by atoms with Crippen LogP contribution in [0.3, 0.4) is 0 Å². The van der Waals surface area contributed by atoms with Gasteiger partial charge < -0.3 is 14.3 Å². The average Bonchev–Trinajstić information content (AvgIpc) is 3.42. The fraction of sp³-hybridized carbons (Fsp3) is 0.519. The topological polar surface area (TPSA) is 49.2 Å². The Labute approximate surface area is 186 Å². The fourth-order valence-corrected chi connectivity index (χ4v) is 5.23. The quantitative estimate of drug-likeness (QED) is 0.448. The molecular weight excluding hydrogens is 384 g/mol.